The fraction of sp³-hybridized carbons (Fsp3) is 0.300. The second-order valence-corrected chi connectivity index (χ2v) is 3.52. The van der Waals surface area contributed by atoms with E-state index < -0.39 is 12.1 Å². The van der Waals surface area contributed by atoms with Gasteiger partial charge in [0, 0.05) is 5.02 Å². The monoisotopic (exact) mass is 210 g/mol. The molecule has 0 aliphatic rings. The average Bonchev–Trinajstić information content (AvgIpc) is 2.16. The Bertz CT molecular complexity index is 371. The summed E-state index contributed by atoms with van der Waals surface area (Å²) in [5, 5.41) is 18.3. The zero-order chi connectivity index (χ0) is 10.7. The van der Waals surface area contributed by atoms with E-state index in [9.17, 15) is 5.11 Å². The maximum Gasteiger partial charge on any atom is 0.0992 e. The Morgan fingerprint density at radius 2 is 2.21 bits per heavy atom. The van der Waals surface area contributed by atoms with Crippen molar-refractivity contribution >= 4 is 11.6 Å². The third-order valence-electron chi connectivity index (χ3n) is 2.01. The van der Waals surface area contributed by atoms with Crippen molar-refractivity contribution < 1.29 is 5.11 Å². The van der Waals surface area contributed by atoms with Gasteiger partial charge in [-0.1, -0.05) is 17.7 Å². The molecular formula is C10H11ClN2O. The minimum Gasteiger partial charge on any atom is -0.391 e. The molecule has 0 saturated carbocycles. The fourth-order valence-electron chi connectivity index (χ4n) is 1.13. The van der Waals surface area contributed by atoms with E-state index in [2.05, 4.69) is 0 Å². The van der Waals surface area contributed by atoms with Crippen molar-refractivity contribution in [2.24, 2.45) is 5.73 Å². The van der Waals surface area contributed by atoms with E-state index in [-0.39, 0.29) is 0 Å². The number of nitrogens with two attached hydrogens (primary N) is 1. The predicted octanol–water partition coefficient (Wildman–Crippen LogP) is 1.59. The van der Waals surface area contributed by atoms with E-state index in [1.54, 1.807) is 25.1 Å². The normalized spacial score (nSPS) is 14.5. The maximum absolute atomic E-state index is 9.28. The number of hydrogen-bond donors (Lipinski definition) is 2. The van der Waals surface area contributed by atoms with Crippen molar-refractivity contribution in [1.82, 2.24) is 0 Å². The number of nitrogens with zero attached hydrogens (tertiary/aromatic N) is 1. The van der Waals surface area contributed by atoms with Gasteiger partial charge in [0.25, 0.3) is 0 Å². The van der Waals surface area contributed by atoms with Crippen molar-refractivity contribution in [3.63, 3.8) is 0 Å². The van der Waals surface area contributed by atoms with E-state index in [4.69, 9.17) is 22.6 Å². The van der Waals surface area contributed by atoms with Crippen LogP contribution in [0.15, 0.2) is 18.2 Å². The van der Waals surface area contributed by atoms with Crippen LogP contribution in [0.5, 0.6) is 0 Å². The van der Waals surface area contributed by atoms with E-state index in [0.29, 0.717) is 16.1 Å². The van der Waals surface area contributed by atoms with Crippen molar-refractivity contribution in [3.05, 3.63) is 34.3 Å². The molecule has 0 bridgehead atoms. The molecule has 0 amide bonds. The molecule has 3 nitrogen and oxygen atoms in total. The van der Waals surface area contributed by atoms with Crippen LogP contribution >= 0.6 is 11.6 Å². The van der Waals surface area contributed by atoms with Crippen LogP contribution < -0.4 is 5.73 Å². The van der Waals surface area contributed by atoms with Crippen molar-refractivity contribution in [2.75, 3.05) is 0 Å². The third kappa shape index (κ3) is 2.24. The van der Waals surface area contributed by atoms with Gasteiger partial charge in [-0.05, 0) is 24.6 Å². The summed E-state index contributed by atoms with van der Waals surface area (Å²) < 4.78 is 0. The second-order valence-electron chi connectivity index (χ2n) is 3.11. The van der Waals surface area contributed by atoms with Gasteiger partial charge in [-0.15, -0.1) is 0 Å². The second kappa shape index (κ2) is 4.43. The first kappa shape index (κ1) is 11.0. The highest BCUT2D eigenvalue weighted by Gasteiger charge is 2.15. The molecule has 0 saturated heterocycles. The minimum absolute atomic E-state index is 0.414. The molecule has 74 valence electrons. The third-order valence-corrected chi connectivity index (χ3v) is 2.34. The van der Waals surface area contributed by atoms with Crippen LogP contribution in [-0.4, -0.2) is 11.2 Å². The molecule has 14 heavy (non-hydrogen) atoms. The molecule has 4 heteroatoms. The lowest BCUT2D eigenvalue weighted by molar-refractivity contribution is 0.164. The van der Waals surface area contributed by atoms with E-state index in [1.165, 1.54) is 0 Å². The maximum atomic E-state index is 9.28. The standard InChI is InChI=1S/C10H11ClN2O/c1-6(14)10(13)8-3-2-7(5-12)4-9(8)11/h2-4,6,10,14H,13H2,1H3/t6-,10+/m1/s1. The summed E-state index contributed by atoms with van der Waals surface area (Å²) in [5.74, 6) is 0. The van der Waals surface area contributed by atoms with Crippen molar-refractivity contribution in [2.45, 2.75) is 19.1 Å². The van der Waals surface area contributed by atoms with Gasteiger partial charge in [0.2, 0.25) is 0 Å². The Balaban J connectivity index is 3.07. The van der Waals surface area contributed by atoms with Crippen molar-refractivity contribution in [1.29, 1.82) is 5.26 Å². The Morgan fingerprint density at radius 1 is 1.57 bits per heavy atom. The number of aliphatic hydroxyl groups excluding tert-OH is 1. The van der Waals surface area contributed by atoms with E-state index >= 15 is 0 Å². The highest BCUT2D eigenvalue weighted by Crippen LogP contribution is 2.24. The van der Waals surface area contributed by atoms with Crippen LogP contribution in [-0.2, 0) is 0 Å². The lowest BCUT2D eigenvalue weighted by atomic mass is 10.0. The smallest absolute Gasteiger partial charge is 0.0992 e. The van der Waals surface area contributed by atoms with Crippen LogP contribution in [0.2, 0.25) is 5.02 Å². The predicted molar refractivity (Wildman–Crippen MR) is 54.8 cm³/mol. The van der Waals surface area contributed by atoms with Crippen LogP contribution in [0, 0.1) is 11.3 Å². The number of halogens is 1. The van der Waals surface area contributed by atoms with Crippen molar-refractivity contribution in [3.8, 4) is 6.07 Å². The fourth-order valence-corrected chi connectivity index (χ4v) is 1.43. The summed E-state index contributed by atoms with van der Waals surface area (Å²) in [6.45, 7) is 1.60. The quantitative estimate of drug-likeness (QED) is 0.779. The zero-order valence-electron chi connectivity index (χ0n) is 7.74. The summed E-state index contributed by atoms with van der Waals surface area (Å²) in [6, 6.07) is 6.29. The lowest BCUT2D eigenvalue weighted by Crippen LogP contribution is -2.23. The molecule has 3 N–H and O–H groups in total. The van der Waals surface area contributed by atoms with Crippen LogP contribution in [0.25, 0.3) is 0 Å². The SMILES string of the molecule is C[C@@H](O)[C@H](N)c1ccc(C#N)cc1Cl. The van der Waals surface area contributed by atoms with Gasteiger partial charge in [-0.3, -0.25) is 0 Å². The Hall–Kier alpha value is -1.08. The molecule has 0 spiro atoms. The molecule has 0 heterocycles. The molecule has 0 aromatic heterocycles. The van der Waals surface area contributed by atoms with Gasteiger partial charge in [-0.25, -0.2) is 0 Å². The average molecular weight is 211 g/mol. The number of nitriles is 1. The molecular weight excluding hydrogens is 200 g/mol. The van der Waals surface area contributed by atoms with Crippen LogP contribution in [0.1, 0.15) is 24.1 Å². The van der Waals surface area contributed by atoms with Gasteiger partial charge in [-0.2, -0.15) is 5.26 Å². The Kier molecular flexibility index (Phi) is 3.48. The van der Waals surface area contributed by atoms with Gasteiger partial charge in [0.1, 0.15) is 0 Å². The summed E-state index contributed by atoms with van der Waals surface area (Å²) >= 11 is 5.90. The minimum atomic E-state index is -0.666. The Labute approximate surface area is 87.7 Å². The summed E-state index contributed by atoms with van der Waals surface area (Å²) in [5.41, 5.74) is 6.85. The Morgan fingerprint density at radius 3 is 2.64 bits per heavy atom. The van der Waals surface area contributed by atoms with Gasteiger partial charge >= 0.3 is 0 Å². The summed E-state index contributed by atoms with van der Waals surface area (Å²) in [7, 11) is 0. The number of hydrogen-bond acceptors (Lipinski definition) is 3. The lowest BCUT2D eigenvalue weighted by Gasteiger charge is -2.16. The first-order valence-electron chi connectivity index (χ1n) is 4.19. The molecule has 0 aliphatic carbocycles. The van der Waals surface area contributed by atoms with Gasteiger partial charge in [0.15, 0.2) is 0 Å². The molecule has 0 unspecified atom stereocenters. The molecule has 2 atom stereocenters. The van der Waals surface area contributed by atoms with E-state index in [0.717, 1.165) is 0 Å². The molecule has 0 fully saturated rings. The first-order chi connectivity index (χ1) is 6.56. The van der Waals surface area contributed by atoms with Gasteiger partial charge in [0.05, 0.1) is 23.8 Å². The molecule has 0 aliphatic heterocycles. The van der Waals surface area contributed by atoms with Crippen LogP contribution in [0.4, 0.5) is 0 Å². The molecule has 1 rings (SSSR count). The van der Waals surface area contributed by atoms with Gasteiger partial charge < -0.3 is 10.8 Å². The summed E-state index contributed by atoms with van der Waals surface area (Å²) in [4.78, 5) is 0. The topological polar surface area (TPSA) is 70.0 Å². The largest absolute Gasteiger partial charge is 0.391 e. The molecule has 1 aromatic carbocycles. The first-order valence-corrected chi connectivity index (χ1v) is 4.57. The van der Waals surface area contributed by atoms with E-state index in [1.807, 2.05) is 6.07 Å². The number of rotatable bonds is 2. The molecule has 1 aromatic rings. The number of aliphatic hydroxyl groups is 1. The molecule has 0 radical (unpaired) electrons. The highest BCUT2D eigenvalue weighted by atomic mass is 35.5. The highest BCUT2D eigenvalue weighted by molar-refractivity contribution is 6.31. The number of benzene rings is 1. The zero-order valence-corrected chi connectivity index (χ0v) is 8.49. The van der Waals surface area contributed by atoms with Crippen LogP contribution in [0.3, 0.4) is 0 Å². The summed E-state index contributed by atoms with van der Waals surface area (Å²) in [6.07, 6.45) is -0.666.